The predicted molar refractivity (Wildman–Crippen MR) is 50.7 cm³/mol. The molecule has 0 spiro atoms. The second kappa shape index (κ2) is 4.67. The zero-order valence-corrected chi connectivity index (χ0v) is 9.31. The lowest BCUT2D eigenvalue weighted by molar-refractivity contribution is -0.142. The van der Waals surface area contributed by atoms with Gasteiger partial charge in [-0.05, 0) is 0 Å². The van der Waals surface area contributed by atoms with Gasteiger partial charge in [0.2, 0.25) is 0 Å². The number of benzene rings is 1. The van der Waals surface area contributed by atoms with E-state index < -0.39 is 45.4 Å². The van der Waals surface area contributed by atoms with Crippen molar-refractivity contribution in [3.63, 3.8) is 0 Å². The number of hydrogen-bond acceptors (Lipinski definition) is 1. The van der Waals surface area contributed by atoms with Crippen molar-refractivity contribution in [1.82, 2.24) is 0 Å². The highest BCUT2D eigenvalue weighted by Crippen LogP contribution is 2.41. The van der Waals surface area contributed by atoms with Crippen molar-refractivity contribution in [3.05, 3.63) is 32.8 Å². The molecule has 8 heteroatoms. The van der Waals surface area contributed by atoms with E-state index in [4.69, 9.17) is 28.5 Å². The van der Waals surface area contributed by atoms with Crippen molar-refractivity contribution < 1.29 is 22.0 Å². The van der Waals surface area contributed by atoms with Gasteiger partial charge >= 0.3 is 6.18 Å². The van der Waals surface area contributed by atoms with Crippen LogP contribution in [0.3, 0.4) is 0 Å². The molecule has 0 atom stereocenters. The first kappa shape index (κ1) is 14.0. The summed E-state index contributed by atoms with van der Waals surface area (Å²) in [4.78, 5) is 0. The van der Waals surface area contributed by atoms with Crippen LogP contribution in [0.1, 0.15) is 11.1 Å². The smallest absolute Gasteiger partial charge is 0.205 e. The lowest BCUT2D eigenvalue weighted by atomic mass is 10.1. The van der Waals surface area contributed by atoms with Gasteiger partial charge in [0.1, 0.15) is 5.56 Å². The maximum Gasteiger partial charge on any atom is 0.422 e. The number of hydrogen-bond donors (Lipinski definition) is 0. The summed E-state index contributed by atoms with van der Waals surface area (Å²) in [5, 5.41) is 6.35. The van der Waals surface area contributed by atoms with Crippen LogP contribution >= 0.6 is 23.2 Å². The molecule has 0 aliphatic carbocycles. The van der Waals surface area contributed by atoms with Gasteiger partial charge in [0.15, 0.2) is 11.6 Å². The fourth-order valence-corrected chi connectivity index (χ4v) is 1.72. The molecule has 0 saturated heterocycles. The van der Waals surface area contributed by atoms with Gasteiger partial charge in [-0.25, -0.2) is 8.78 Å². The Morgan fingerprint density at radius 3 is 1.76 bits per heavy atom. The highest BCUT2D eigenvalue weighted by Gasteiger charge is 2.41. The third-order valence-electron chi connectivity index (χ3n) is 1.89. The first-order valence-electron chi connectivity index (χ1n) is 4.00. The Balaban J connectivity index is 3.66. The van der Waals surface area contributed by atoms with Crippen molar-refractivity contribution in [3.8, 4) is 6.07 Å². The molecule has 1 rings (SSSR count). The van der Waals surface area contributed by atoms with Gasteiger partial charge < -0.3 is 0 Å². The van der Waals surface area contributed by atoms with Gasteiger partial charge in [-0.1, -0.05) is 23.2 Å². The van der Waals surface area contributed by atoms with E-state index in [-0.39, 0.29) is 0 Å². The first-order valence-corrected chi connectivity index (χ1v) is 4.76. The second-order valence-corrected chi connectivity index (χ2v) is 3.70. The fraction of sp³-hybridized carbons (Fsp3) is 0.222. The van der Waals surface area contributed by atoms with E-state index in [9.17, 15) is 22.0 Å². The van der Waals surface area contributed by atoms with Crippen LogP contribution in [0.25, 0.3) is 0 Å². The minimum Gasteiger partial charge on any atom is -0.205 e. The summed E-state index contributed by atoms with van der Waals surface area (Å²) in [5.74, 6) is -3.93. The lowest BCUT2D eigenvalue weighted by Gasteiger charge is -2.14. The average molecular weight is 290 g/mol. The van der Waals surface area contributed by atoms with Crippen LogP contribution in [-0.2, 0) is 12.6 Å². The lowest BCUT2D eigenvalue weighted by Crippen LogP contribution is -2.13. The Labute approximate surface area is 102 Å². The van der Waals surface area contributed by atoms with E-state index in [0.717, 1.165) is 0 Å². The van der Waals surface area contributed by atoms with Crippen LogP contribution < -0.4 is 0 Å². The largest absolute Gasteiger partial charge is 0.422 e. The quantitative estimate of drug-likeness (QED) is 0.557. The van der Waals surface area contributed by atoms with Crippen LogP contribution in [0.4, 0.5) is 22.0 Å². The van der Waals surface area contributed by atoms with Crippen LogP contribution in [-0.4, -0.2) is 0 Å². The highest BCUT2D eigenvalue weighted by molar-refractivity contribution is 6.36. The molecule has 0 N–H and O–H groups in total. The number of nitriles is 1. The minimum atomic E-state index is -5.26. The highest BCUT2D eigenvalue weighted by atomic mass is 35.5. The van der Waals surface area contributed by atoms with E-state index in [1.807, 2.05) is 0 Å². The third-order valence-corrected chi connectivity index (χ3v) is 2.68. The Hall–Kier alpha value is -1.06. The van der Waals surface area contributed by atoms with Crippen LogP contribution in [0.5, 0.6) is 0 Å². The normalized spacial score (nSPS) is 11.4. The van der Waals surface area contributed by atoms with E-state index in [1.54, 1.807) is 0 Å². The second-order valence-electron chi connectivity index (χ2n) is 2.94. The SMILES string of the molecule is N#CCc1c(Cl)c(F)c(C(F)(F)F)c(F)c1Cl. The van der Waals surface area contributed by atoms with Crippen molar-refractivity contribution >= 4 is 23.2 Å². The molecule has 0 unspecified atom stereocenters. The maximum absolute atomic E-state index is 13.3. The van der Waals surface area contributed by atoms with Crippen LogP contribution in [0.2, 0.25) is 10.0 Å². The summed E-state index contributed by atoms with van der Waals surface area (Å²) in [6.45, 7) is 0. The standard InChI is InChI=1S/C9H2Cl2F5N/c10-5-3(1-2-17)6(11)8(13)4(7(5)12)9(14,15)16/h1H2. The summed E-state index contributed by atoms with van der Waals surface area (Å²) in [6, 6.07) is 1.49. The van der Waals surface area contributed by atoms with Gasteiger partial charge in [-0.3, -0.25) is 0 Å². The molecular weight excluding hydrogens is 288 g/mol. The molecule has 0 fully saturated rings. The van der Waals surface area contributed by atoms with Crippen molar-refractivity contribution in [2.45, 2.75) is 12.6 Å². The van der Waals surface area contributed by atoms with Crippen molar-refractivity contribution in [1.29, 1.82) is 5.26 Å². The Morgan fingerprint density at radius 1 is 1.06 bits per heavy atom. The van der Waals surface area contributed by atoms with Gasteiger partial charge in [-0.2, -0.15) is 18.4 Å². The fourth-order valence-electron chi connectivity index (χ4n) is 1.16. The average Bonchev–Trinajstić information content (AvgIpc) is 2.20. The maximum atomic E-state index is 13.3. The zero-order valence-electron chi connectivity index (χ0n) is 7.80. The van der Waals surface area contributed by atoms with Gasteiger partial charge in [-0.15, -0.1) is 0 Å². The molecule has 1 aromatic carbocycles. The van der Waals surface area contributed by atoms with Gasteiger partial charge in [0.25, 0.3) is 0 Å². The summed E-state index contributed by atoms with van der Waals surface area (Å²) >= 11 is 10.6. The first-order chi connectivity index (χ1) is 7.71. The van der Waals surface area contributed by atoms with Gasteiger partial charge in [0, 0.05) is 5.56 Å². The molecule has 0 aliphatic rings. The molecule has 0 heterocycles. The molecule has 0 saturated carbocycles. The third kappa shape index (κ3) is 2.45. The Bertz CT molecular complexity index is 475. The van der Waals surface area contributed by atoms with E-state index >= 15 is 0 Å². The molecular formula is C9H2Cl2F5N. The topological polar surface area (TPSA) is 23.8 Å². The summed E-state index contributed by atoms with van der Waals surface area (Å²) < 4.78 is 63.5. The monoisotopic (exact) mass is 289 g/mol. The minimum absolute atomic E-state index is 0.501. The van der Waals surface area contributed by atoms with Gasteiger partial charge in [0.05, 0.1) is 22.5 Å². The zero-order chi connectivity index (χ0) is 13.4. The molecule has 92 valence electrons. The molecule has 0 bridgehead atoms. The Kier molecular flexibility index (Phi) is 3.84. The summed E-state index contributed by atoms with van der Waals surface area (Å²) in [5.41, 5.74) is -2.66. The molecule has 0 aliphatic heterocycles. The number of alkyl halides is 3. The predicted octanol–water partition coefficient (Wildman–Crippen LogP) is 4.36. The molecule has 0 amide bonds. The summed E-state index contributed by atoms with van der Waals surface area (Å²) in [7, 11) is 0. The molecule has 0 radical (unpaired) electrons. The van der Waals surface area contributed by atoms with Crippen molar-refractivity contribution in [2.24, 2.45) is 0 Å². The Morgan fingerprint density at radius 2 is 1.47 bits per heavy atom. The van der Waals surface area contributed by atoms with E-state index in [2.05, 4.69) is 0 Å². The molecule has 1 aromatic rings. The van der Waals surface area contributed by atoms with E-state index in [0.29, 0.717) is 0 Å². The molecule has 1 nitrogen and oxygen atoms in total. The van der Waals surface area contributed by atoms with Crippen molar-refractivity contribution in [2.75, 3.05) is 0 Å². The number of rotatable bonds is 1. The number of halogens is 7. The molecule has 0 aromatic heterocycles. The van der Waals surface area contributed by atoms with Crippen LogP contribution in [0, 0.1) is 23.0 Å². The van der Waals surface area contributed by atoms with Crippen LogP contribution in [0.15, 0.2) is 0 Å². The summed E-state index contributed by atoms with van der Waals surface area (Å²) in [6.07, 6.45) is -5.85. The number of nitrogens with zero attached hydrogens (tertiary/aromatic N) is 1. The van der Waals surface area contributed by atoms with E-state index in [1.165, 1.54) is 6.07 Å². The molecule has 17 heavy (non-hydrogen) atoms.